The van der Waals surface area contributed by atoms with Gasteiger partial charge in [-0.3, -0.25) is 9.59 Å². The van der Waals surface area contributed by atoms with E-state index in [-0.39, 0.29) is 29.9 Å². The number of allylic oxidation sites excluding steroid dienone is 1. The Morgan fingerprint density at radius 1 is 1.15 bits per heavy atom. The number of anilines is 1. The van der Waals surface area contributed by atoms with Crippen molar-refractivity contribution in [2.24, 2.45) is 5.92 Å². The number of hydrogen-bond acceptors (Lipinski definition) is 5. The Morgan fingerprint density at radius 2 is 1.85 bits per heavy atom. The number of nitrogens with zero attached hydrogens (tertiary/aromatic N) is 1. The molecule has 0 aromatic heterocycles. The van der Waals surface area contributed by atoms with Gasteiger partial charge in [0.15, 0.2) is 6.61 Å². The summed E-state index contributed by atoms with van der Waals surface area (Å²) in [5, 5.41) is 3.24. The maximum absolute atomic E-state index is 13.0. The van der Waals surface area contributed by atoms with Gasteiger partial charge in [0.1, 0.15) is 5.75 Å². The third kappa shape index (κ3) is 6.05. The standard InChI is InChI=1S/C26H27ClN2O5/c1-16(2)14-29-17(3)24(26(32)33-4)22(25(29)31)12-18-8-10-21(11-9-18)34-15-23(30)28-20-7-5-6-19(27)13-20/h5-13,16H,14-15H2,1-4H3,(H,28,30). The average molecular weight is 483 g/mol. The van der Waals surface area contributed by atoms with E-state index in [4.69, 9.17) is 21.1 Å². The molecule has 178 valence electrons. The lowest BCUT2D eigenvalue weighted by atomic mass is 10.0. The van der Waals surface area contributed by atoms with Gasteiger partial charge in [0.2, 0.25) is 0 Å². The van der Waals surface area contributed by atoms with Gasteiger partial charge in [-0.25, -0.2) is 4.79 Å². The van der Waals surface area contributed by atoms with Gasteiger partial charge in [-0.2, -0.15) is 0 Å². The van der Waals surface area contributed by atoms with E-state index in [2.05, 4.69) is 5.32 Å². The number of rotatable bonds is 8. The Morgan fingerprint density at radius 3 is 2.47 bits per heavy atom. The van der Waals surface area contributed by atoms with Gasteiger partial charge in [-0.1, -0.05) is 43.6 Å². The van der Waals surface area contributed by atoms with Crippen molar-refractivity contribution in [2.75, 3.05) is 25.6 Å². The second-order valence-corrected chi connectivity index (χ2v) is 8.67. The minimum absolute atomic E-state index is 0.177. The second-order valence-electron chi connectivity index (χ2n) is 8.24. The lowest BCUT2D eigenvalue weighted by Crippen LogP contribution is -2.28. The second kappa shape index (κ2) is 11.0. The van der Waals surface area contributed by atoms with Gasteiger partial charge >= 0.3 is 5.97 Å². The lowest BCUT2D eigenvalue weighted by Gasteiger charge is -2.19. The van der Waals surface area contributed by atoms with Gasteiger partial charge in [-0.15, -0.1) is 0 Å². The molecule has 1 N–H and O–H groups in total. The molecule has 0 atom stereocenters. The zero-order chi connectivity index (χ0) is 24.8. The molecule has 0 fully saturated rings. The summed E-state index contributed by atoms with van der Waals surface area (Å²) in [7, 11) is 1.30. The molecule has 0 bridgehead atoms. The predicted molar refractivity (Wildman–Crippen MR) is 131 cm³/mol. The molecule has 0 saturated heterocycles. The van der Waals surface area contributed by atoms with Gasteiger partial charge < -0.3 is 19.7 Å². The topological polar surface area (TPSA) is 84.9 Å². The number of amides is 2. The predicted octanol–water partition coefficient (Wildman–Crippen LogP) is 4.69. The Bertz CT molecular complexity index is 1150. The molecule has 0 radical (unpaired) electrons. The average Bonchev–Trinajstić information content (AvgIpc) is 3.02. The molecule has 3 rings (SSSR count). The molecule has 1 heterocycles. The molecule has 1 aliphatic heterocycles. The minimum atomic E-state index is -0.547. The maximum atomic E-state index is 13.0. The van der Waals surface area contributed by atoms with Crippen LogP contribution in [-0.2, 0) is 19.1 Å². The van der Waals surface area contributed by atoms with Crippen molar-refractivity contribution in [2.45, 2.75) is 20.8 Å². The van der Waals surface area contributed by atoms with E-state index >= 15 is 0 Å². The lowest BCUT2D eigenvalue weighted by molar-refractivity contribution is -0.136. The van der Waals surface area contributed by atoms with Crippen LogP contribution in [-0.4, -0.2) is 42.9 Å². The number of methoxy groups -OCH3 is 1. The van der Waals surface area contributed by atoms with Crippen LogP contribution in [0.15, 0.2) is 65.4 Å². The molecule has 0 aliphatic carbocycles. The fourth-order valence-corrected chi connectivity index (χ4v) is 3.74. The van der Waals surface area contributed by atoms with Crippen molar-refractivity contribution >= 4 is 41.1 Å². The van der Waals surface area contributed by atoms with Crippen molar-refractivity contribution in [1.82, 2.24) is 4.90 Å². The third-order valence-corrected chi connectivity index (χ3v) is 5.35. The molecule has 2 aromatic carbocycles. The molecule has 2 amide bonds. The van der Waals surface area contributed by atoms with E-state index in [9.17, 15) is 14.4 Å². The summed E-state index contributed by atoms with van der Waals surface area (Å²) in [6, 6.07) is 13.7. The normalized spacial score (nSPS) is 14.7. The van der Waals surface area contributed by atoms with Crippen LogP contribution in [0.5, 0.6) is 5.75 Å². The monoisotopic (exact) mass is 482 g/mol. The third-order valence-electron chi connectivity index (χ3n) is 5.12. The maximum Gasteiger partial charge on any atom is 0.340 e. The molecule has 7 nitrogen and oxygen atoms in total. The number of nitrogens with one attached hydrogen (secondary N) is 1. The van der Waals surface area contributed by atoms with Crippen LogP contribution < -0.4 is 10.1 Å². The van der Waals surface area contributed by atoms with Crippen LogP contribution in [0, 0.1) is 5.92 Å². The molecule has 1 aliphatic rings. The van der Waals surface area contributed by atoms with E-state index < -0.39 is 5.97 Å². The highest BCUT2D eigenvalue weighted by molar-refractivity contribution is 6.30. The number of carbonyl (C=O) groups excluding carboxylic acids is 3. The van der Waals surface area contributed by atoms with E-state index in [1.165, 1.54) is 7.11 Å². The van der Waals surface area contributed by atoms with E-state index in [0.717, 1.165) is 0 Å². The molecule has 0 unspecified atom stereocenters. The zero-order valence-corrected chi connectivity index (χ0v) is 20.3. The van der Waals surface area contributed by atoms with Crippen LogP contribution in [0.25, 0.3) is 6.08 Å². The van der Waals surface area contributed by atoms with Gasteiger partial charge in [0.05, 0.1) is 18.3 Å². The highest BCUT2D eigenvalue weighted by Crippen LogP contribution is 2.32. The van der Waals surface area contributed by atoms with Crippen molar-refractivity contribution < 1.29 is 23.9 Å². The Hall–Kier alpha value is -3.58. The summed E-state index contributed by atoms with van der Waals surface area (Å²) < 4.78 is 10.5. The van der Waals surface area contributed by atoms with Crippen LogP contribution in [0.1, 0.15) is 26.3 Å². The quantitative estimate of drug-likeness (QED) is 0.436. The fraction of sp³-hybridized carbons (Fsp3) is 0.269. The smallest absolute Gasteiger partial charge is 0.340 e. The summed E-state index contributed by atoms with van der Waals surface area (Å²) in [6.07, 6.45) is 1.66. The summed E-state index contributed by atoms with van der Waals surface area (Å²) in [4.78, 5) is 39.1. The van der Waals surface area contributed by atoms with Crippen molar-refractivity contribution in [3.63, 3.8) is 0 Å². The first kappa shape index (κ1) is 25.1. The molecule has 0 saturated carbocycles. The number of benzene rings is 2. The number of hydrogen-bond donors (Lipinski definition) is 1. The number of ether oxygens (including phenoxy) is 2. The Labute approximate surface area is 204 Å². The van der Waals surface area contributed by atoms with Crippen molar-refractivity contribution in [3.8, 4) is 5.75 Å². The first-order valence-electron chi connectivity index (χ1n) is 10.8. The molecular weight excluding hydrogens is 456 g/mol. The highest BCUT2D eigenvalue weighted by atomic mass is 35.5. The van der Waals surface area contributed by atoms with E-state index in [1.807, 2.05) is 13.8 Å². The number of halogens is 1. The number of carbonyl (C=O) groups is 3. The first-order valence-corrected chi connectivity index (χ1v) is 11.2. The number of esters is 1. The summed E-state index contributed by atoms with van der Waals surface area (Å²) in [5.74, 6) is -0.371. The Kier molecular flexibility index (Phi) is 8.12. The largest absolute Gasteiger partial charge is 0.484 e. The Balaban J connectivity index is 1.70. The van der Waals surface area contributed by atoms with Crippen LogP contribution in [0.3, 0.4) is 0 Å². The van der Waals surface area contributed by atoms with Crippen LogP contribution >= 0.6 is 11.6 Å². The van der Waals surface area contributed by atoms with Crippen LogP contribution in [0.2, 0.25) is 5.02 Å². The molecule has 2 aromatic rings. The summed E-state index contributed by atoms with van der Waals surface area (Å²) >= 11 is 5.92. The zero-order valence-electron chi connectivity index (χ0n) is 19.6. The van der Waals surface area contributed by atoms with Crippen LogP contribution in [0.4, 0.5) is 5.69 Å². The molecule has 8 heteroatoms. The fourth-order valence-electron chi connectivity index (χ4n) is 3.55. The summed E-state index contributed by atoms with van der Waals surface area (Å²) in [5.41, 5.74) is 2.44. The molecular formula is C26H27ClN2O5. The summed E-state index contributed by atoms with van der Waals surface area (Å²) in [6.45, 7) is 6.09. The van der Waals surface area contributed by atoms with Gasteiger partial charge in [0.25, 0.3) is 11.8 Å². The van der Waals surface area contributed by atoms with Gasteiger partial charge in [-0.05, 0) is 54.8 Å². The van der Waals surface area contributed by atoms with E-state index in [0.29, 0.717) is 39.8 Å². The SMILES string of the molecule is COC(=O)C1=C(C)N(CC(C)C)C(=O)C1=Cc1ccc(OCC(=O)Nc2cccc(Cl)c2)cc1. The molecule has 0 spiro atoms. The minimum Gasteiger partial charge on any atom is -0.484 e. The van der Waals surface area contributed by atoms with Crippen molar-refractivity contribution in [3.05, 3.63) is 76.0 Å². The highest BCUT2D eigenvalue weighted by Gasteiger charge is 2.37. The van der Waals surface area contributed by atoms with Gasteiger partial charge in [0, 0.05) is 23.0 Å². The van der Waals surface area contributed by atoms with E-state index in [1.54, 1.807) is 66.4 Å². The first-order chi connectivity index (χ1) is 16.2. The molecule has 34 heavy (non-hydrogen) atoms. The van der Waals surface area contributed by atoms with Crippen molar-refractivity contribution in [1.29, 1.82) is 0 Å².